The van der Waals surface area contributed by atoms with Gasteiger partial charge in [0.05, 0.1) is 17.6 Å². The maximum absolute atomic E-state index is 13.9. The van der Waals surface area contributed by atoms with Crippen LogP contribution in [0.15, 0.2) is 82.6 Å². The minimum Gasteiger partial charge on any atom is -0.467 e. The van der Waals surface area contributed by atoms with Crippen molar-refractivity contribution in [2.75, 3.05) is 15.5 Å². The summed E-state index contributed by atoms with van der Waals surface area (Å²) in [6.07, 6.45) is 2.69. The largest absolute Gasteiger partial charge is 0.467 e. The molecule has 0 saturated carbocycles. The van der Waals surface area contributed by atoms with Crippen molar-refractivity contribution < 1.29 is 14.0 Å². The van der Waals surface area contributed by atoms with Crippen LogP contribution < -0.4 is 15.5 Å². The Hall–Kier alpha value is -3.80. The number of hydrogen-bond acceptors (Lipinski definition) is 4. The average molecular weight is 442 g/mol. The van der Waals surface area contributed by atoms with Gasteiger partial charge in [0.1, 0.15) is 11.8 Å². The number of hydrogen-bond donors (Lipinski definition) is 2. The Morgan fingerprint density at radius 2 is 1.82 bits per heavy atom. The van der Waals surface area contributed by atoms with Gasteiger partial charge in [0.2, 0.25) is 0 Å². The SMILES string of the molecule is Cc1ccccc1NC(=O)N1c2ccccc2NC2=C(C(=O)CC(C)(C)C2)[C@@H]1c1ccco1. The molecule has 2 N–H and O–H groups in total. The Morgan fingerprint density at radius 1 is 1.06 bits per heavy atom. The predicted octanol–water partition coefficient (Wildman–Crippen LogP) is 6.44. The maximum Gasteiger partial charge on any atom is 0.327 e. The molecule has 2 amide bonds. The molecule has 2 aromatic carbocycles. The van der Waals surface area contributed by atoms with Crippen molar-refractivity contribution in [2.45, 2.75) is 39.7 Å². The fourth-order valence-corrected chi connectivity index (χ4v) is 4.82. The van der Waals surface area contributed by atoms with E-state index in [-0.39, 0.29) is 17.2 Å². The van der Waals surface area contributed by atoms with Gasteiger partial charge < -0.3 is 15.1 Å². The monoisotopic (exact) mass is 441 g/mol. The third-order valence-electron chi connectivity index (χ3n) is 6.32. The number of Topliss-reactive ketones (excluding diaryl/α,β-unsaturated/α-hetero) is 1. The van der Waals surface area contributed by atoms with Gasteiger partial charge in [0.15, 0.2) is 5.78 Å². The summed E-state index contributed by atoms with van der Waals surface area (Å²) < 4.78 is 5.81. The molecule has 0 fully saturated rings. The first-order valence-corrected chi connectivity index (χ1v) is 11.2. The van der Waals surface area contributed by atoms with Gasteiger partial charge in [-0.25, -0.2) is 4.79 Å². The molecule has 33 heavy (non-hydrogen) atoms. The Balaban J connectivity index is 1.70. The minimum atomic E-state index is -0.682. The zero-order chi connectivity index (χ0) is 23.2. The lowest BCUT2D eigenvalue weighted by molar-refractivity contribution is -0.118. The number of carbonyl (C=O) groups excluding carboxylic acids is 2. The molecule has 5 rings (SSSR count). The Bertz CT molecular complexity index is 1260. The van der Waals surface area contributed by atoms with Gasteiger partial charge in [-0.15, -0.1) is 0 Å². The number of fused-ring (bicyclic) bond motifs is 1. The lowest BCUT2D eigenvalue weighted by Crippen LogP contribution is -2.41. The van der Waals surface area contributed by atoms with E-state index in [2.05, 4.69) is 24.5 Å². The fraction of sp³-hybridized carbons (Fsp3) is 0.259. The second-order valence-corrected chi connectivity index (χ2v) is 9.51. The molecule has 1 aliphatic heterocycles. The number of para-hydroxylation sites is 3. The van der Waals surface area contributed by atoms with Crippen molar-refractivity contribution in [3.8, 4) is 0 Å². The molecule has 1 aromatic heterocycles. The number of amides is 2. The van der Waals surface area contributed by atoms with Crippen molar-refractivity contribution >= 4 is 28.9 Å². The van der Waals surface area contributed by atoms with Gasteiger partial charge in [0.25, 0.3) is 0 Å². The van der Waals surface area contributed by atoms with E-state index in [9.17, 15) is 9.59 Å². The van der Waals surface area contributed by atoms with Crippen molar-refractivity contribution in [3.63, 3.8) is 0 Å². The number of benzene rings is 2. The summed E-state index contributed by atoms with van der Waals surface area (Å²) >= 11 is 0. The van der Waals surface area contributed by atoms with E-state index in [0.717, 1.165) is 22.6 Å². The van der Waals surface area contributed by atoms with Crippen LogP contribution in [0.4, 0.5) is 21.9 Å². The molecule has 168 valence electrons. The van der Waals surface area contributed by atoms with Crippen LogP contribution in [0.2, 0.25) is 0 Å². The summed E-state index contributed by atoms with van der Waals surface area (Å²) in [5, 5.41) is 6.55. The number of anilines is 3. The fourth-order valence-electron chi connectivity index (χ4n) is 4.82. The van der Waals surface area contributed by atoms with Crippen LogP contribution in [-0.4, -0.2) is 11.8 Å². The summed E-state index contributed by atoms with van der Waals surface area (Å²) in [6.45, 7) is 6.14. The molecule has 1 aliphatic carbocycles. The normalized spacial score (nSPS) is 19.3. The average Bonchev–Trinajstić information content (AvgIpc) is 3.24. The highest BCUT2D eigenvalue weighted by atomic mass is 16.3. The second kappa shape index (κ2) is 7.96. The van der Waals surface area contributed by atoms with Gasteiger partial charge in [-0.1, -0.05) is 44.2 Å². The lowest BCUT2D eigenvalue weighted by Gasteiger charge is -2.36. The zero-order valence-electron chi connectivity index (χ0n) is 19.0. The number of rotatable bonds is 2. The number of ketones is 1. The first-order valence-electron chi connectivity index (χ1n) is 11.2. The van der Waals surface area contributed by atoms with Crippen LogP contribution in [0.5, 0.6) is 0 Å². The molecule has 0 spiro atoms. The molecular formula is C27H27N3O3. The first kappa shape index (κ1) is 21.1. The third-order valence-corrected chi connectivity index (χ3v) is 6.32. The summed E-state index contributed by atoms with van der Waals surface area (Å²) in [4.78, 5) is 29.0. The number of nitrogens with zero attached hydrogens (tertiary/aromatic N) is 1. The first-order chi connectivity index (χ1) is 15.8. The molecule has 6 heteroatoms. The molecule has 2 heterocycles. The van der Waals surface area contributed by atoms with Crippen LogP contribution in [0.3, 0.4) is 0 Å². The van der Waals surface area contributed by atoms with E-state index < -0.39 is 6.04 Å². The lowest BCUT2D eigenvalue weighted by atomic mass is 9.74. The van der Waals surface area contributed by atoms with Crippen LogP contribution in [-0.2, 0) is 4.79 Å². The Kier molecular flexibility index (Phi) is 5.08. The van der Waals surface area contributed by atoms with E-state index in [1.165, 1.54) is 0 Å². The smallest absolute Gasteiger partial charge is 0.327 e. The topological polar surface area (TPSA) is 74.6 Å². The molecular weight excluding hydrogens is 414 g/mol. The van der Waals surface area contributed by atoms with Gasteiger partial charge in [-0.3, -0.25) is 9.69 Å². The second-order valence-electron chi connectivity index (χ2n) is 9.51. The summed E-state index contributed by atoms with van der Waals surface area (Å²) in [6, 6.07) is 17.9. The Morgan fingerprint density at radius 3 is 2.58 bits per heavy atom. The molecule has 0 radical (unpaired) electrons. The highest BCUT2D eigenvalue weighted by Gasteiger charge is 2.44. The molecule has 3 aromatic rings. The number of furan rings is 1. The quantitative estimate of drug-likeness (QED) is 0.480. The van der Waals surface area contributed by atoms with Gasteiger partial charge in [0, 0.05) is 23.4 Å². The summed E-state index contributed by atoms with van der Waals surface area (Å²) in [7, 11) is 0. The summed E-state index contributed by atoms with van der Waals surface area (Å²) in [5.74, 6) is 0.575. The number of nitrogens with one attached hydrogen (secondary N) is 2. The van der Waals surface area contributed by atoms with Crippen LogP contribution in [0.1, 0.15) is 44.1 Å². The molecule has 2 aliphatic rings. The van der Waals surface area contributed by atoms with E-state index in [1.54, 1.807) is 17.2 Å². The van der Waals surface area contributed by atoms with Crippen LogP contribution in [0.25, 0.3) is 0 Å². The summed E-state index contributed by atoms with van der Waals surface area (Å²) in [5.41, 5.74) is 4.40. The van der Waals surface area contributed by atoms with E-state index in [1.807, 2.05) is 61.5 Å². The molecule has 0 saturated heterocycles. The van der Waals surface area contributed by atoms with Gasteiger partial charge >= 0.3 is 6.03 Å². The number of urea groups is 1. The number of aryl methyl sites for hydroxylation is 1. The minimum absolute atomic E-state index is 0.0247. The van der Waals surface area contributed by atoms with Crippen LogP contribution in [0, 0.1) is 12.3 Å². The van der Waals surface area contributed by atoms with Crippen molar-refractivity contribution in [3.05, 3.63) is 89.5 Å². The Labute approximate surface area is 193 Å². The highest BCUT2D eigenvalue weighted by Crippen LogP contribution is 2.48. The van der Waals surface area contributed by atoms with E-state index in [0.29, 0.717) is 29.9 Å². The highest BCUT2D eigenvalue weighted by molar-refractivity contribution is 6.09. The third kappa shape index (κ3) is 3.82. The number of carbonyl (C=O) groups is 2. The standard InChI is InChI=1S/C27H27N3O3/c1-17-9-4-5-10-18(17)29-26(32)30-21-12-7-6-11-19(21)28-20-15-27(2,3)16-22(31)24(20)25(30)23-13-8-14-33-23/h4-14,25,28H,15-16H2,1-3H3,(H,29,32)/t25-/m0/s1. The predicted molar refractivity (Wildman–Crippen MR) is 129 cm³/mol. The van der Waals surface area contributed by atoms with E-state index >= 15 is 0 Å². The molecule has 0 bridgehead atoms. The van der Waals surface area contributed by atoms with E-state index in [4.69, 9.17) is 4.42 Å². The van der Waals surface area contributed by atoms with Gasteiger partial charge in [-0.05, 0) is 54.7 Å². The molecule has 0 unspecified atom stereocenters. The molecule has 1 atom stereocenters. The van der Waals surface area contributed by atoms with Crippen molar-refractivity contribution in [1.82, 2.24) is 0 Å². The zero-order valence-corrected chi connectivity index (χ0v) is 19.0. The van der Waals surface area contributed by atoms with Crippen molar-refractivity contribution in [2.24, 2.45) is 5.41 Å². The molecule has 6 nitrogen and oxygen atoms in total. The van der Waals surface area contributed by atoms with Crippen molar-refractivity contribution in [1.29, 1.82) is 0 Å². The van der Waals surface area contributed by atoms with Crippen LogP contribution >= 0.6 is 0 Å². The van der Waals surface area contributed by atoms with Gasteiger partial charge in [-0.2, -0.15) is 0 Å². The maximum atomic E-state index is 13.9. The number of allylic oxidation sites excluding steroid dienone is 1.